The molecule has 4 nitrogen and oxygen atoms in total. The van der Waals surface area contributed by atoms with Crippen molar-refractivity contribution in [3.63, 3.8) is 0 Å². The van der Waals surface area contributed by atoms with E-state index < -0.39 is 4.92 Å². The molecule has 0 unspecified atom stereocenters. The molecule has 0 amide bonds. The highest BCUT2D eigenvalue weighted by Crippen LogP contribution is 2.10. The maximum atomic E-state index is 10.6. The second-order valence-electron chi connectivity index (χ2n) is 3.41. The molecule has 0 fully saturated rings. The quantitative estimate of drug-likeness (QED) is 0.322. The molecule has 0 heterocycles. The summed E-state index contributed by atoms with van der Waals surface area (Å²) in [5.74, 6) is 0. The minimum absolute atomic E-state index is 0.108. The van der Waals surface area contributed by atoms with Gasteiger partial charge >= 0.3 is 0 Å². The van der Waals surface area contributed by atoms with E-state index in [9.17, 15) is 10.1 Å². The van der Waals surface area contributed by atoms with Crippen molar-refractivity contribution in [1.29, 1.82) is 0 Å². The van der Waals surface area contributed by atoms with Gasteiger partial charge in [-0.3, -0.25) is 15.1 Å². The van der Waals surface area contributed by atoms with Gasteiger partial charge in [0.2, 0.25) is 0 Å². The summed E-state index contributed by atoms with van der Waals surface area (Å²) in [5.41, 5.74) is 1.59. The zero-order valence-corrected chi connectivity index (χ0v) is 9.67. The van der Waals surface area contributed by atoms with Gasteiger partial charge in [-0.25, -0.2) is 0 Å². The van der Waals surface area contributed by atoms with Crippen molar-refractivity contribution in [2.45, 2.75) is 13.3 Å². The molecule has 0 aliphatic heterocycles. The van der Waals surface area contributed by atoms with Crippen LogP contribution in [-0.4, -0.2) is 11.1 Å². The van der Waals surface area contributed by atoms with Gasteiger partial charge in [0.1, 0.15) is 0 Å². The van der Waals surface area contributed by atoms with E-state index >= 15 is 0 Å². The maximum Gasteiger partial charge on any atom is 0.265 e. The average molecular weight is 230 g/mol. The molecule has 0 atom stereocenters. The first kappa shape index (κ1) is 12.8. The number of rotatable bonds is 4. The minimum Gasteiger partial charge on any atom is -0.258 e. The summed E-state index contributed by atoms with van der Waals surface area (Å²) < 4.78 is 0. The third-order valence-electron chi connectivity index (χ3n) is 2.08. The summed E-state index contributed by atoms with van der Waals surface area (Å²) in [6.07, 6.45) is 12.4. The van der Waals surface area contributed by atoms with Crippen LogP contribution in [0.25, 0.3) is 0 Å². The van der Waals surface area contributed by atoms with Crippen molar-refractivity contribution in [3.05, 3.63) is 70.1 Å². The molecule has 17 heavy (non-hydrogen) atoms. The Morgan fingerprint density at radius 2 is 2.29 bits per heavy atom. The van der Waals surface area contributed by atoms with E-state index in [4.69, 9.17) is 0 Å². The molecule has 1 rings (SSSR count). The van der Waals surface area contributed by atoms with E-state index in [-0.39, 0.29) is 5.70 Å². The van der Waals surface area contributed by atoms with Crippen LogP contribution in [-0.2, 0) is 0 Å². The second kappa shape index (κ2) is 6.37. The summed E-state index contributed by atoms with van der Waals surface area (Å²) >= 11 is 0. The van der Waals surface area contributed by atoms with Crippen molar-refractivity contribution in [3.8, 4) is 0 Å². The van der Waals surface area contributed by atoms with Crippen LogP contribution in [0.3, 0.4) is 0 Å². The maximum absolute atomic E-state index is 10.6. The molecule has 0 saturated heterocycles. The molecular weight excluding hydrogens is 216 g/mol. The fraction of sp³-hybridized carbons (Fsp3) is 0.154. The van der Waals surface area contributed by atoms with Crippen molar-refractivity contribution in [1.82, 2.24) is 0 Å². The third kappa shape index (κ3) is 4.42. The van der Waals surface area contributed by atoms with Crippen molar-refractivity contribution < 1.29 is 4.92 Å². The topological polar surface area (TPSA) is 55.5 Å². The number of allylic oxidation sites excluding steroid dienone is 7. The molecular formula is C13H14N2O2. The van der Waals surface area contributed by atoms with Crippen LogP contribution in [0.15, 0.2) is 65.0 Å². The zero-order valence-electron chi connectivity index (χ0n) is 9.67. The van der Waals surface area contributed by atoms with Gasteiger partial charge in [-0.05, 0) is 37.1 Å². The van der Waals surface area contributed by atoms with Crippen LogP contribution in [0.1, 0.15) is 13.3 Å². The molecule has 0 N–H and O–H groups in total. The van der Waals surface area contributed by atoms with Crippen LogP contribution < -0.4 is 0 Å². The molecule has 88 valence electrons. The van der Waals surface area contributed by atoms with Crippen LogP contribution >= 0.6 is 0 Å². The van der Waals surface area contributed by atoms with Crippen LogP contribution in [0, 0.1) is 10.1 Å². The molecule has 1 aliphatic carbocycles. The molecule has 0 aromatic rings. The van der Waals surface area contributed by atoms with Gasteiger partial charge in [-0.2, -0.15) is 0 Å². The molecule has 4 heteroatoms. The van der Waals surface area contributed by atoms with Crippen LogP contribution in [0.4, 0.5) is 0 Å². The Kier molecular flexibility index (Phi) is 4.81. The molecule has 0 spiro atoms. The van der Waals surface area contributed by atoms with Gasteiger partial charge < -0.3 is 0 Å². The van der Waals surface area contributed by atoms with E-state index in [1.54, 1.807) is 24.4 Å². The first-order valence-corrected chi connectivity index (χ1v) is 5.22. The number of nitrogens with zero attached hydrogens (tertiary/aromatic N) is 2. The van der Waals surface area contributed by atoms with Gasteiger partial charge in [0.15, 0.2) is 0 Å². The first-order valence-electron chi connectivity index (χ1n) is 5.22. The van der Waals surface area contributed by atoms with E-state index in [1.165, 1.54) is 6.08 Å². The summed E-state index contributed by atoms with van der Waals surface area (Å²) in [6, 6.07) is 0. The zero-order chi connectivity index (χ0) is 12.7. The highest BCUT2D eigenvalue weighted by Gasteiger charge is 2.06. The van der Waals surface area contributed by atoms with E-state index in [0.717, 1.165) is 5.57 Å². The largest absolute Gasteiger partial charge is 0.265 e. The molecule has 0 bridgehead atoms. The first-order chi connectivity index (χ1) is 8.13. The Bertz CT molecular complexity index is 466. The number of hydrogen-bond donors (Lipinski definition) is 0. The number of nitro groups is 1. The normalized spacial score (nSPS) is 15.8. The Morgan fingerprint density at radius 1 is 1.53 bits per heavy atom. The van der Waals surface area contributed by atoms with Gasteiger partial charge in [0.05, 0.1) is 10.6 Å². The Labute approximate surface area is 100 Å². The predicted octanol–water partition coefficient (Wildman–Crippen LogP) is 3.19. The van der Waals surface area contributed by atoms with Gasteiger partial charge in [-0.15, -0.1) is 0 Å². The summed E-state index contributed by atoms with van der Waals surface area (Å²) in [5, 5.41) is 10.6. The van der Waals surface area contributed by atoms with Gasteiger partial charge in [-0.1, -0.05) is 18.7 Å². The standard InChI is InChI=1S/C13H14N2O2/c1-3-5-11(2)14-10-12-6-4-7-13(9-8-12)15(16)17/h3,5-10H,2,4H2,1H3/b5-3-,14-10?. The van der Waals surface area contributed by atoms with E-state index in [0.29, 0.717) is 12.1 Å². The summed E-state index contributed by atoms with van der Waals surface area (Å²) in [7, 11) is 0. The van der Waals surface area contributed by atoms with Gasteiger partial charge in [0, 0.05) is 12.3 Å². The number of aliphatic imine (C=N–C) groups is 1. The van der Waals surface area contributed by atoms with Crippen LogP contribution in [0.2, 0.25) is 0 Å². The lowest BCUT2D eigenvalue weighted by molar-refractivity contribution is -0.419. The lowest BCUT2D eigenvalue weighted by atomic mass is 10.2. The fourth-order valence-electron chi connectivity index (χ4n) is 1.26. The fourth-order valence-corrected chi connectivity index (χ4v) is 1.26. The molecule has 0 aromatic heterocycles. The SMILES string of the molecule is C=C(/C=C\C)N=CC1=CCC=C([N+](=O)[O-])C=C1. The smallest absolute Gasteiger partial charge is 0.258 e. The number of hydrogen-bond acceptors (Lipinski definition) is 3. The highest BCUT2D eigenvalue weighted by molar-refractivity contribution is 5.83. The molecule has 0 radical (unpaired) electrons. The lowest BCUT2D eigenvalue weighted by Crippen LogP contribution is -1.94. The van der Waals surface area contributed by atoms with Gasteiger partial charge in [0.25, 0.3) is 5.70 Å². The predicted molar refractivity (Wildman–Crippen MR) is 69.4 cm³/mol. The Hall–Kier alpha value is -2.23. The van der Waals surface area contributed by atoms with Crippen LogP contribution in [0.5, 0.6) is 0 Å². The second-order valence-corrected chi connectivity index (χ2v) is 3.41. The molecule has 0 aromatic carbocycles. The van der Waals surface area contributed by atoms with Crippen molar-refractivity contribution >= 4 is 6.21 Å². The Morgan fingerprint density at radius 3 is 2.94 bits per heavy atom. The Balaban J connectivity index is 2.71. The highest BCUT2D eigenvalue weighted by atomic mass is 16.6. The third-order valence-corrected chi connectivity index (χ3v) is 2.08. The summed E-state index contributed by atoms with van der Waals surface area (Å²) in [6.45, 7) is 5.63. The molecule has 1 aliphatic rings. The minimum atomic E-state index is -0.400. The monoisotopic (exact) mass is 230 g/mol. The lowest BCUT2D eigenvalue weighted by Gasteiger charge is -1.91. The molecule has 0 saturated carbocycles. The summed E-state index contributed by atoms with van der Waals surface area (Å²) in [4.78, 5) is 14.3. The van der Waals surface area contributed by atoms with Crippen molar-refractivity contribution in [2.75, 3.05) is 0 Å². The van der Waals surface area contributed by atoms with E-state index in [2.05, 4.69) is 11.6 Å². The average Bonchev–Trinajstić information content (AvgIpc) is 2.52. The van der Waals surface area contributed by atoms with Crippen molar-refractivity contribution in [2.24, 2.45) is 4.99 Å². The van der Waals surface area contributed by atoms with E-state index in [1.807, 2.05) is 19.1 Å².